The summed E-state index contributed by atoms with van der Waals surface area (Å²) in [6, 6.07) is 11.8. The summed E-state index contributed by atoms with van der Waals surface area (Å²) >= 11 is 0. The molecular formula is C18H21N3O6S. The molecule has 0 spiro atoms. The lowest BCUT2D eigenvalue weighted by atomic mass is 9.87. The lowest BCUT2D eigenvalue weighted by molar-refractivity contribution is -0.385. The summed E-state index contributed by atoms with van der Waals surface area (Å²) < 4.78 is 29.6. The molecule has 2 aromatic carbocycles. The maximum Gasteiger partial charge on any atom is 0.310 e. The predicted octanol–water partition coefficient (Wildman–Crippen LogP) is 2.28. The van der Waals surface area contributed by atoms with E-state index in [1.54, 1.807) is 12.1 Å². The summed E-state index contributed by atoms with van der Waals surface area (Å²) in [7, 11) is -3.97. The Morgan fingerprint density at radius 2 is 1.71 bits per heavy atom. The van der Waals surface area contributed by atoms with Crippen LogP contribution in [0, 0.1) is 10.1 Å². The Hall–Kier alpha value is -2.98. The summed E-state index contributed by atoms with van der Waals surface area (Å²) in [6.07, 6.45) is 0. The van der Waals surface area contributed by atoms with Crippen molar-refractivity contribution in [1.29, 1.82) is 0 Å². The number of para-hydroxylation sites is 2. The van der Waals surface area contributed by atoms with E-state index in [1.165, 1.54) is 36.4 Å². The fraction of sp³-hybridized carbons (Fsp3) is 0.278. The molecule has 2 N–H and O–H groups in total. The van der Waals surface area contributed by atoms with Crippen LogP contribution in [0.15, 0.2) is 53.4 Å². The number of ether oxygens (including phenoxy) is 1. The number of nitrogens with one attached hydrogen (secondary N) is 2. The van der Waals surface area contributed by atoms with Crippen LogP contribution in [0.1, 0.15) is 26.3 Å². The number of hydrogen-bond acceptors (Lipinski definition) is 6. The van der Waals surface area contributed by atoms with Gasteiger partial charge in [0.15, 0.2) is 12.4 Å². The third-order valence-electron chi connectivity index (χ3n) is 3.78. The SMILES string of the molecule is CC(C)(C)c1ccc(S(=O)(=O)NNC(=O)COc2ccccc2[N+](=O)[O-])cc1. The molecule has 10 heteroatoms. The van der Waals surface area contributed by atoms with E-state index in [1.807, 2.05) is 31.0 Å². The van der Waals surface area contributed by atoms with Crippen LogP contribution in [0.25, 0.3) is 0 Å². The minimum absolute atomic E-state index is 0.0135. The van der Waals surface area contributed by atoms with Gasteiger partial charge in [0.2, 0.25) is 0 Å². The second kappa shape index (κ2) is 8.36. The van der Waals surface area contributed by atoms with Crippen LogP contribution < -0.4 is 15.0 Å². The van der Waals surface area contributed by atoms with Crippen LogP contribution in [0.3, 0.4) is 0 Å². The zero-order valence-corrected chi connectivity index (χ0v) is 16.4. The van der Waals surface area contributed by atoms with Gasteiger partial charge in [-0.1, -0.05) is 45.0 Å². The van der Waals surface area contributed by atoms with Crippen LogP contribution >= 0.6 is 0 Å². The Labute approximate surface area is 162 Å². The van der Waals surface area contributed by atoms with E-state index in [0.717, 1.165) is 5.56 Å². The Balaban J connectivity index is 1.96. The summed E-state index contributed by atoms with van der Waals surface area (Å²) in [4.78, 5) is 24.0. The molecule has 0 aliphatic heterocycles. The fourth-order valence-electron chi connectivity index (χ4n) is 2.23. The van der Waals surface area contributed by atoms with Crippen LogP contribution in [0.5, 0.6) is 5.75 Å². The molecule has 0 aliphatic rings. The first-order valence-corrected chi connectivity index (χ1v) is 9.76. The average Bonchev–Trinajstić information content (AvgIpc) is 2.64. The van der Waals surface area contributed by atoms with Gasteiger partial charge in [0.05, 0.1) is 9.82 Å². The molecule has 0 radical (unpaired) electrons. The van der Waals surface area contributed by atoms with Crippen molar-refractivity contribution in [2.24, 2.45) is 0 Å². The van der Waals surface area contributed by atoms with Crippen LogP contribution in [-0.2, 0) is 20.2 Å². The van der Waals surface area contributed by atoms with E-state index in [0.29, 0.717) is 0 Å². The maximum atomic E-state index is 12.3. The van der Waals surface area contributed by atoms with Gasteiger partial charge < -0.3 is 4.74 Å². The van der Waals surface area contributed by atoms with Crippen molar-refractivity contribution in [2.75, 3.05) is 6.61 Å². The van der Waals surface area contributed by atoms with Gasteiger partial charge in [-0.2, -0.15) is 0 Å². The highest BCUT2D eigenvalue weighted by Crippen LogP contribution is 2.25. The van der Waals surface area contributed by atoms with Gasteiger partial charge in [0, 0.05) is 6.07 Å². The molecule has 2 rings (SSSR count). The third-order valence-corrected chi connectivity index (χ3v) is 5.04. The minimum Gasteiger partial charge on any atom is -0.477 e. The van der Waals surface area contributed by atoms with Crippen molar-refractivity contribution in [2.45, 2.75) is 31.1 Å². The van der Waals surface area contributed by atoms with E-state index < -0.39 is 27.5 Å². The number of benzene rings is 2. The number of carbonyl (C=O) groups is 1. The third kappa shape index (κ3) is 5.51. The topological polar surface area (TPSA) is 128 Å². The number of sulfonamides is 1. The van der Waals surface area contributed by atoms with Crippen molar-refractivity contribution in [3.05, 3.63) is 64.2 Å². The number of rotatable bonds is 7. The van der Waals surface area contributed by atoms with Gasteiger partial charge in [-0.3, -0.25) is 20.3 Å². The molecule has 0 bridgehead atoms. The molecule has 0 aliphatic carbocycles. The van der Waals surface area contributed by atoms with Gasteiger partial charge in [-0.15, -0.1) is 4.83 Å². The first-order valence-electron chi connectivity index (χ1n) is 8.28. The first-order chi connectivity index (χ1) is 13.0. The first kappa shape index (κ1) is 21.3. The number of carbonyl (C=O) groups excluding carboxylic acids is 1. The second-order valence-electron chi connectivity index (χ2n) is 6.94. The molecule has 2 aromatic rings. The molecule has 28 heavy (non-hydrogen) atoms. The van der Waals surface area contributed by atoms with E-state index in [2.05, 4.69) is 0 Å². The number of hydrogen-bond donors (Lipinski definition) is 2. The van der Waals surface area contributed by atoms with Crippen molar-refractivity contribution in [3.8, 4) is 5.75 Å². The van der Waals surface area contributed by atoms with E-state index >= 15 is 0 Å². The molecule has 9 nitrogen and oxygen atoms in total. The van der Waals surface area contributed by atoms with E-state index in [4.69, 9.17) is 4.74 Å². The quantitative estimate of drug-likeness (QED) is 0.535. The maximum absolute atomic E-state index is 12.3. The summed E-state index contributed by atoms with van der Waals surface area (Å²) in [5, 5.41) is 10.9. The highest BCUT2D eigenvalue weighted by molar-refractivity contribution is 7.89. The summed E-state index contributed by atoms with van der Waals surface area (Å²) in [6.45, 7) is 5.42. The van der Waals surface area contributed by atoms with Crippen molar-refractivity contribution in [1.82, 2.24) is 10.3 Å². The van der Waals surface area contributed by atoms with Crippen molar-refractivity contribution < 1.29 is 22.9 Å². The van der Waals surface area contributed by atoms with E-state index in [9.17, 15) is 23.3 Å². The minimum atomic E-state index is -3.97. The van der Waals surface area contributed by atoms with Gasteiger partial charge in [-0.05, 0) is 29.2 Å². The molecule has 0 saturated carbocycles. The molecule has 0 aromatic heterocycles. The Morgan fingerprint density at radius 3 is 2.29 bits per heavy atom. The number of hydrazine groups is 1. The molecule has 0 atom stereocenters. The van der Waals surface area contributed by atoms with E-state index in [-0.39, 0.29) is 21.7 Å². The number of amides is 1. The zero-order chi connectivity index (χ0) is 20.9. The monoisotopic (exact) mass is 407 g/mol. The molecule has 0 fully saturated rings. The molecule has 0 unspecified atom stereocenters. The predicted molar refractivity (Wildman–Crippen MR) is 102 cm³/mol. The lowest BCUT2D eigenvalue weighted by Crippen LogP contribution is -2.43. The van der Waals surface area contributed by atoms with Gasteiger partial charge in [0.1, 0.15) is 0 Å². The number of nitro groups is 1. The molecule has 1 amide bonds. The fourth-order valence-corrected chi connectivity index (χ4v) is 3.09. The van der Waals surface area contributed by atoms with Crippen molar-refractivity contribution >= 4 is 21.6 Å². The molecule has 0 heterocycles. The summed E-state index contributed by atoms with van der Waals surface area (Å²) in [5.74, 6) is -0.906. The Bertz CT molecular complexity index is 966. The standard InChI is InChI=1S/C18H21N3O6S/c1-18(2,3)13-8-10-14(11-9-13)28(25,26)20-19-17(22)12-27-16-7-5-4-6-15(16)21(23)24/h4-11,20H,12H2,1-3H3,(H,19,22). The molecular weight excluding hydrogens is 386 g/mol. The second-order valence-corrected chi connectivity index (χ2v) is 8.62. The Morgan fingerprint density at radius 1 is 1.11 bits per heavy atom. The molecule has 0 saturated heterocycles. The number of nitrogens with zero attached hydrogens (tertiary/aromatic N) is 1. The van der Waals surface area contributed by atoms with Gasteiger partial charge in [-0.25, -0.2) is 8.42 Å². The highest BCUT2D eigenvalue weighted by Gasteiger charge is 2.19. The van der Waals surface area contributed by atoms with Crippen LogP contribution in [0.2, 0.25) is 0 Å². The van der Waals surface area contributed by atoms with Gasteiger partial charge in [0.25, 0.3) is 15.9 Å². The Kier molecular flexibility index (Phi) is 6.37. The highest BCUT2D eigenvalue weighted by atomic mass is 32.2. The van der Waals surface area contributed by atoms with Gasteiger partial charge >= 0.3 is 5.69 Å². The summed E-state index contributed by atoms with van der Waals surface area (Å²) in [5.41, 5.74) is 2.56. The smallest absolute Gasteiger partial charge is 0.310 e. The van der Waals surface area contributed by atoms with Crippen LogP contribution in [-0.4, -0.2) is 25.9 Å². The average molecular weight is 407 g/mol. The largest absolute Gasteiger partial charge is 0.477 e. The lowest BCUT2D eigenvalue weighted by Gasteiger charge is -2.19. The number of nitro benzene ring substituents is 1. The van der Waals surface area contributed by atoms with Crippen LogP contribution in [0.4, 0.5) is 5.69 Å². The molecule has 150 valence electrons. The van der Waals surface area contributed by atoms with Crippen molar-refractivity contribution in [3.63, 3.8) is 0 Å². The zero-order valence-electron chi connectivity index (χ0n) is 15.6. The normalized spacial score (nSPS) is 11.7.